The summed E-state index contributed by atoms with van der Waals surface area (Å²) in [7, 11) is 0. The number of nitrogens with one attached hydrogen (secondary N) is 1. The number of aromatic nitrogens is 5. The molecule has 8 nitrogen and oxygen atoms in total. The van der Waals surface area contributed by atoms with E-state index in [4.69, 9.17) is 0 Å². The van der Waals surface area contributed by atoms with E-state index in [1.54, 1.807) is 16.8 Å². The Labute approximate surface area is 173 Å². The Balaban J connectivity index is 1.41. The standard InChI is InChI=1S/C20H21N7OS/c1-15-11-16(2)23-20(22-15)29-14-19(28)25-21-10-6-9-18-13-27(26-24-18)12-17-7-4-3-5-8-17/h3-11,13H,12,14H2,1-2H3,(H,25,28)/b9-6+,21-10+. The number of hydrogen-bond acceptors (Lipinski definition) is 7. The van der Waals surface area contributed by atoms with Gasteiger partial charge in [0.15, 0.2) is 5.16 Å². The van der Waals surface area contributed by atoms with Crippen molar-refractivity contribution < 1.29 is 4.79 Å². The molecule has 2 heterocycles. The Morgan fingerprint density at radius 2 is 1.97 bits per heavy atom. The van der Waals surface area contributed by atoms with Crippen LogP contribution in [0.2, 0.25) is 0 Å². The molecule has 0 aliphatic carbocycles. The van der Waals surface area contributed by atoms with Gasteiger partial charge in [0.1, 0.15) is 5.69 Å². The van der Waals surface area contributed by atoms with Crippen molar-refractivity contribution in [1.29, 1.82) is 0 Å². The molecule has 1 aromatic carbocycles. The van der Waals surface area contributed by atoms with E-state index in [-0.39, 0.29) is 11.7 Å². The van der Waals surface area contributed by atoms with Gasteiger partial charge in [-0.1, -0.05) is 47.3 Å². The molecule has 0 aliphatic heterocycles. The molecule has 0 bridgehead atoms. The van der Waals surface area contributed by atoms with E-state index in [2.05, 4.69) is 30.8 Å². The number of benzene rings is 1. The number of rotatable bonds is 8. The zero-order valence-corrected chi connectivity index (χ0v) is 17.0. The molecule has 0 fully saturated rings. The smallest absolute Gasteiger partial charge is 0.250 e. The lowest BCUT2D eigenvalue weighted by Gasteiger charge is -2.02. The summed E-state index contributed by atoms with van der Waals surface area (Å²) in [6.07, 6.45) is 6.79. The van der Waals surface area contributed by atoms with Crippen molar-refractivity contribution in [1.82, 2.24) is 30.4 Å². The van der Waals surface area contributed by atoms with Crippen molar-refractivity contribution >= 4 is 30.0 Å². The molecule has 0 saturated carbocycles. The van der Waals surface area contributed by atoms with E-state index in [1.165, 1.54) is 18.0 Å². The van der Waals surface area contributed by atoms with Gasteiger partial charge in [0.05, 0.1) is 18.5 Å². The SMILES string of the molecule is Cc1cc(C)nc(SCC(=O)N/N=C/C=C/c2cn(Cc3ccccc3)nn2)n1. The van der Waals surface area contributed by atoms with E-state index in [0.717, 1.165) is 17.0 Å². The molecule has 2 aromatic heterocycles. The zero-order valence-electron chi connectivity index (χ0n) is 16.2. The minimum Gasteiger partial charge on any atom is -0.272 e. The Hall–Kier alpha value is -3.33. The van der Waals surface area contributed by atoms with Crippen LogP contribution in [0.3, 0.4) is 0 Å². The average Bonchev–Trinajstić information content (AvgIpc) is 3.13. The molecular formula is C20H21N7OS. The van der Waals surface area contributed by atoms with Crippen LogP contribution in [0.1, 0.15) is 22.6 Å². The predicted octanol–water partition coefficient (Wildman–Crippen LogP) is 2.64. The first-order chi connectivity index (χ1) is 14.1. The fourth-order valence-corrected chi connectivity index (χ4v) is 3.19. The highest BCUT2D eigenvalue weighted by Gasteiger charge is 2.05. The molecule has 1 amide bonds. The lowest BCUT2D eigenvalue weighted by Crippen LogP contribution is -2.19. The molecule has 0 unspecified atom stereocenters. The largest absolute Gasteiger partial charge is 0.272 e. The van der Waals surface area contributed by atoms with Crippen LogP contribution in [0.15, 0.2) is 58.9 Å². The summed E-state index contributed by atoms with van der Waals surface area (Å²) >= 11 is 1.27. The van der Waals surface area contributed by atoms with E-state index < -0.39 is 0 Å². The quantitative estimate of drug-likeness (QED) is 0.267. The molecule has 29 heavy (non-hydrogen) atoms. The number of thioether (sulfide) groups is 1. The van der Waals surface area contributed by atoms with Gasteiger partial charge in [-0.05, 0) is 37.6 Å². The Bertz CT molecular complexity index is 994. The maximum absolute atomic E-state index is 11.8. The first-order valence-electron chi connectivity index (χ1n) is 8.96. The molecule has 0 radical (unpaired) electrons. The van der Waals surface area contributed by atoms with E-state index in [0.29, 0.717) is 17.4 Å². The molecule has 0 saturated heterocycles. The lowest BCUT2D eigenvalue weighted by atomic mass is 10.2. The number of carbonyl (C=O) groups excluding carboxylic acids is 1. The summed E-state index contributed by atoms with van der Waals surface area (Å²) in [6.45, 7) is 4.46. The molecular weight excluding hydrogens is 386 g/mol. The summed E-state index contributed by atoms with van der Waals surface area (Å²) in [5.41, 5.74) is 6.09. The third-order valence-electron chi connectivity index (χ3n) is 3.65. The molecule has 148 valence electrons. The minimum atomic E-state index is -0.226. The third kappa shape index (κ3) is 6.96. The predicted molar refractivity (Wildman–Crippen MR) is 113 cm³/mol. The van der Waals surface area contributed by atoms with Crippen LogP contribution in [0.5, 0.6) is 0 Å². The van der Waals surface area contributed by atoms with Crippen molar-refractivity contribution in [2.24, 2.45) is 5.10 Å². The van der Waals surface area contributed by atoms with Gasteiger partial charge in [0, 0.05) is 17.6 Å². The second kappa shape index (κ2) is 10.3. The monoisotopic (exact) mass is 407 g/mol. The highest BCUT2D eigenvalue weighted by Crippen LogP contribution is 2.13. The van der Waals surface area contributed by atoms with Crippen LogP contribution in [-0.2, 0) is 11.3 Å². The third-order valence-corrected chi connectivity index (χ3v) is 4.50. The summed E-state index contributed by atoms with van der Waals surface area (Å²) in [6, 6.07) is 11.9. The number of carbonyl (C=O) groups is 1. The van der Waals surface area contributed by atoms with Gasteiger partial charge >= 0.3 is 0 Å². The van der Waals surface area contributed by atoms with Crippen LogP contribution in [0, 0.1) is 13.8 Å². The van der Waals surface area contributed by atoms with Crippen molar-refractivity contribution in [2.75, 3.05) is 5.75 Å². The summed E-state index contributed by atoms with van der Waals surface area (Å²) in [5.74, 6) is -0.0335. The Morgan fingerprint density at radius 3 is 2.72 bits per heavy atom. The van der Waals surface area contributed by atoms with Crippen LogP contribution in [0.25, 0.3) is 6.08 Å². The van der Waals surface area contributed by atoms with Gasteiger partial charge < -0.3 is 0 Å². The molecule has 3 rings (SSSR count). The van der Waals surface area contributed by atoms with Crippen LogP contribution >= 0.6 is 11.8 Å². The normalized spacial score (nSPS) is 11.4. The number of hydrogen-bond donors (Lipinski definition) is 1. The lowest BCUT2D eigenvalue weighted by molar-refractivity contribution is -0.118. The molecule has 0 spiro atoms. The van der Waals surface area contributed by atoms with E-state index in [1.807, 2.05) is 56.4 Å². The van der Waals surface area contributed by atoms with Gasteiger partial charge in [-0.15, -0.1) is 5.10 Å². The van der Waals surface area contributed by atoms with E-state index >= 15 is 0 Å². The second-order valence-corrected chi connectivity index (χ2v) is 7.16. The number of aryl methyl sites for hydroxylation is 2. The maximum Gasteiger partial charge on any atom is 0.250 e. The van der Waals surface area contributed by atoms with Crippen LogP contribution < -0.4 is 5.43 Å². The van der Waals surface area contributed by atoms with Gasteiger partial charge in [-0.3, -0.25) is 4.79 Å². The van der Waals surface area contributed by atoms with Gasteiger partial charge in [-0.25, -0.2) is 20.1 Å². The first-order valence-corrected chi connectivity index (χ1v) is 9.95. The van der Waals surface area contributed by atoms with Crippen molar-refractivity contribution in [3.05, 3.63) is 71.3 Å². The van der Waals surface area contributed by atoms with E-state index in [9.17, 15) is 4.79 Å². The molecule has 1 N–H and O–H groups in total. The topological polar surface area (TPSA) is 98.0 Å². The van der Waals surface area contributed by atoms with Gasteiger partial charge in [0.25, 0.3) is 5.91 Å². The molecule has 9 heteroatoms. The molecule has 0 atom stereocenters. The molecule has 0 aliphatic rings. The maximum atomic E-state index is 11.8. The van der Waals surface area contributed by atoms with Gasteiger partial charge in [-0.2, -0.15) is 5.10 Å². The summed E-state index contributed by atoms with van der Waals surface area (Å²) in [4.78, 5) is 20.4. The van der Waals surface area contributed by atoms with Crippen LogP contribution in [0.4, 0.5) is 0 Å². The minimum absolute atomic E-state index is 0.192. The Kier molecular flexibility index (Phi) is 7.23. The highest BCUT2D eigenvalue weighted by molar-refractivity contribution is 7.99. The zero-order chi connectivity index (χ0) is 20.5. The van der Waals surface area contributed by atoms with Crippen molar-refractivity contribution in [3.63, 3.8) is 0 Å². The van der Waals surface area contributed by atoms with Crippen LogP contribution in [-0.4, -0.2) is 42.8 Å². The summed E-state index contributed by atoms with van der Waals surface area (Å²) in [5, 5.41) is 12.6. The fourth-order valence-electron chi connectivity index (χ4n) is 2.45. The van der Waals surface area contributed by atoms with Gasteiger partial charge in [0.2, 0.25) is 0 Å². The van der Waals surface area contributed by atoms with Crippen molar-refractivity contribution in [2.45, 2.75) is 25.5 Å². The van der Waals surface area contributed by atoms with Crippen molar-refractivity contribution in [3.8, 4) is 0 Å². The fraction of sp³-hybridized carbons (Fsp3) is 0.200. The number of nitrogens with zero attached hydrogens (tertiary/aromatic N) is 6. The molecule has 3 aromatic rings. The average molecular weight is 408 g/mol. The number of hydrazone groups is 1. The first kappa shape index (κ1) is 20.4. The highest BCUT2D eigenvalue weighted by atomic mass is 32.2. The summed E-state index contributed by atoms with van der Waals surface area (Å²) < 4.78 is 1.76. The Morgan fingerprint density at radius 1 is 1.21 bits per heavy atom. The second-order valence-electron chi connectivity index (χ2n) is 6.22. The number of amides is 1. The number of allylic oxidation sites excluding steroid dienone is 1.